The van der Waals surface area contributed by atoms with Crippen molar-refractivity contribution >= 4 is 22.6 Å². The number of aromatic amines is 1. The van der Waals surface area contributed by atoms with Crippen molar-refractivity contribution in [1.29, 1.82) is 0 Å². The molecule has 1 aliphatic carbocycles. The number of aromatic nitrogens is 4. The van der Waals surface area contributed by atoms with Crippen LogP contribution >= 0.6 is 0 Å². The zero-order valence-corrected chi connectivity index (χ0v) is 21.0. The molecule has 1 aromatic heterocycles. The summed E-state index contributed by atoms with van der Waals surface area (Å²) in [5, 5.41) is 26.3. The maximum Gasteiger partial charge on any atom is 0.311 e. The van der Waals surface area contributed by atoms with E-state index in [2.05, 4.69) is 51.0 Å². The van der Waals surface area contributed by atoms with Gasteiger partial charge in [-0.2, -0.15) is 5.21 Å². The molecule has 5 rings (SSSR count). The van der Waals surface area contributed by atoms with Crippen LogP contribution in [0.3, 0.4) is 0 Å². The lowest BCUT2D eigenvalue weighted by molar-refractivity contribution is -0.151. The molecular formula is C29H31N5O3. The number of carbonyl (C=O) groups is 2. The van der Waals surface area contributed by atoms with Gasteiger partial charge in [0.15, 0.2) is 0 Å². The Morgan fingerprint density at radius 2 is 1.62 bits per heavy atom. The summed E-state index contributed by atoms with van der Waals surface area (Å²) in [5.74, 6) is -0.198. The molecule has 0 aliphatic heterocycles. The molecule has 37 heavy (non-hydrogen) atoms. The van der Waals surface area contributed by atoms with Crippen LogP contribution < -0.4 is 0 Å². The van der Waals surface area contributed by atoms with Crippen LogP contribution in [0.5, 0.6) is 0 Å². The summed E-state index contributed by atoms with van der Waals surface area (Å²) in [6.07, 6.45) is 4.24. The maximum absolute atomic E-state index is 13.0. The van der Waals surface area contributed by atoms with Gasteiger partial charge in [-0.3, -0.25) is 9.59 Å². The normalized spacial score (nSPS) is 14.6. The molecule has 0 unspecified atom stereocenters. The zero-order chi connectivity index (χ0) is 25.8. The molecule has 0 spiro atoms. The van der Waals surface area contributed by atoms with Crippen molar-refractivity contribution in [2.45, 2.75) is 52.0 Å². The smallest absolute Gasteiger partial charge is 0.311 e. The Morgan fingerprint density at radius 3 is 2.30 bits per heavy atom. The second-order valence-corrected chi connectivity index (χ2v) is 10.0. The van der Waals surface area contributed by atoms with E-state index in [0.717, 1.165) is 52.3 Å². The summed E-state index contributed by atoms with van der Waals surface area (Å²) in [6, 6.07) is 20.6. The third-order valence-electron chi connectivity index (χ3n) is 7.42. The number of fused-ring (bicyclic) bond motifs is 1. The summed E-state index contributed by atoms with van der Waals surface area (Å²) < 4.78 is 0. The topological polar surface area (TPSA) is 112 Å². The van der Waals surface area contributed by atoms with Crippen molar-refractivity contribution in [2.24, 2.45) is 5.41 Å². The zero-order valence-electron chi connectivity index (χ0n) is 21.0. The van der Waals surface area contributed by atoms with Crippen LogP contribution in [0.1, 0.15) is 51.0 Å². The molecule has 4 aromatic rings. The Hall–Kier alpha value is -4.07. The number of nitrogens with zero attached hydrogens (tertiary/aromatic N) is 4. The first-order chi connectivity index (χ1) is 18.0. The number of hydrogen-bond acceptors (Lipinski definition) is 5. The summed E-state index contributed by atoms with van der Waals surface area (Å²) in [6.45, 7) is 2.67. The molecule has 3 aromatic carbocycles. The number of amides is 1. The highest BCUT2D eigenvalue weighted by atomic mass is 16.4. The van der Waals surface area contributed by atoms with Gasteiger partial charge in [0.05, 0.1) is 5.41 Å². The molecule has 8 heteroatoms. The molecule has 1 fully saturated rings. The molecule has 0 radical (unpaired) electrons. The maximum atomic E-state index is 13.0. The third kappa shape index (κ3) is 5.23. The molecule has 0 atom stereocenters. The number of carboxylic acid groups (broad SMARTS) is 1. The van der Waals surface area contributed by atoms with Crippen molar-refractivity contribution in [3.63, 3.8) is 0 Å². The van der Waals surface area contributed by atoms with Crippen LogP contribution in [-0.2, 0) is 16.1 Å². The number of carboxylic acids is 1. The first-order valence-electron chi connectivity index (χ1n) is 12.9. The molecule has 190 valence electrons. The van der Waals surface area contributed by atoms with E-state index in [1.807, 2.05) is 37.3 Å². The molecule has 8 nitrogen and oxygen atoms in total. The first kappa shape index (κ1) is 24.6. The van der Waals surface area contributed by atoms with Crippen LogP contribution in [0.25, 0.3) is 33.3 Å². The Kier molecular flexibility index (Phi) is 6.99. The van der Waals surface area contributed by atoms with E-state index in [1.165, 1.54) is 0 Å². The highest BCUT2D eigenvalue weighted by Gasteiger charge is 2.43. The van der Waals surface area contributed by atoms with Gasteiger partial charge >= 0.3 is 5.97 Å². The summed E-state index contributed by atoms with van der Waals surface area (Å²) in [7, 11) is 0. The summed E-state index contributed by atoms with van der Waals surface area (Å²) >= 11 is 0. The van der Waals surface area contributed by atoms with Gasteiger partial charge in [-0.25, -0.2) is 0 Å². The average molecular weight is 498 g/mol. The average Bonchev–Trinajstić information content (AvgIpc) is 3.62. The number of hydrogen-bond donors (Lipinski definition) is 2. The Bertz CT molecular complexity index is 1390. The third-order valence-corrected chi connectivity index (χ3v) is 7.42. The van der Waals surface area contributed by atoms with E-state index >= 15 is 0 Å². The fourth-order valence-electron chi connectivity index (χ4n) is 5.35. The molecular weight excluding hydrogens is 466 g/mol. The van der Waals surface area contributed by atoms with Crippen molar-refractivity contribution in [3.05, 3.63) is 66.2 Å². The van der Waals surface area contributed by atoms with E-state index in [1.54, 1.807) is 4.90 Å². The van der Waals surface area contributed by atoms with Crippen LogP contribution in [0.2, 0.25) is 0 Å². The van der Waals surface area contributed by atoms with Gasteiger partial charge in [-0.15, -0.1) is 10.2 Å². The van der Waals surface area contributed by atoms with Gasteiger partial charge in [-0.05, 0) is 64.1 Å². The van der Waals surface area contributed by atoms with Crippen molar-refractivity contribution < 1.29 is 14.7 Å². The first-order valence-corrected chi connectivity index (χ1v) is 12.9. The monoisotopic (exact) mass is 497 g/mol. The molecule has 2 N–H and O–H groups in total. The number of carbonyl (C=O) groups excluding carboxylic acids is 1. The molecule has 0 bridgehead atoms. The fraction of sp³-hybridized carbons (Fsp3) is 0.345. The van der Waals surface area contributed by atoms with Crippen molar-refractivity contribution in [1.82, 2.24) is 25.5 Å². The second-order valence-electron chi connectivity index (χ2n) is 10.0. The van der Waals surface area contributed by atoms with E-state index < -0.39 is 11.4 Å². The number of benzene rings is 3. The van der Waals surface area contributed by atoms with Crippen LogP contribution in [-0.4, -0.2) is 49.1 Å². The van der Waals surface area contributed by atoms with Crippen molar-refractivity contribution in [3.8, 4) is 22.5 Å². The van der Waals surface area contributed by atoms with Crippen LogP contribution in [0.15, 0.2) is 60.7 Å². The lowest BCUT2D eigenvalue weighted by atomic mass is 9.85. The lowest BCUT2D eigenvalue weighted by Gasteiger charge is -2.32. The predicted molar refractivity (Wildman–Crippen MR) is 141 cm³/mol. The number of rotatable bonds is 9. The minimum Gasteiger partial charge on any atom is -0.481 e. The van der Waals surface area contributed by atoms with E-state index in [9.17, 15) is 14.7 Å². The molecule has 1 amide bonds. The Labute approximate surface area is 215 Å². The van der Waals surface area contributed by atoms with Gasteiger partial charge in [-0.1, -0.05) is 68.3 Å². The molecule has 1 saturated carbocycles. The molecule has 0 saturated heterocycles. The number of H-pyrrole nitrogens is 1. The van der Waals surface area contributed by atoms with Crippen LogP contribution in [0, 0.1) is 5.41 Å². The van der Waals surface area contributed by atoms with Gasteiger partial charge in [0, 0.05) is 25.1 Å². The summed E-state index contributed by atoms with van der Waals surface area (Å²) in [5.41, 5.74) is 3.27. The minimum absolute atomic E-state index is 0.0229. The largest absolute Gasteiger partial charge is 0.481 e. The molecule has 1 aliphatic rings. The van der Waals surface area contributed by atoms with Gasteiger partial charge in [0.2, 0.25) is 11.7 Å². The summed E-state index contributed by atoms with van der Waals surface area (Å²) in [4.78, 5) is 26.9. The van der Waals surface area contributed by atoms with Gasteiger partial charge in [0.1, 0.15) is 0 Å². The predicted octanol–water partition coefficient (Wildman–Crippen LogP) is 5.46. The SMILES string of the molecule is CCCC(=O)N(Cc1ccc2cc(-c3ccc(-c4nn[nH]n4)cc3)ccc2c1)CC1(C(=O)O)CCCC1. The standard InChI is InChI=1S/C29H31N5O3/c1-2-5-26(35)34(19-29(28(36)37)14-3-4-15-29)18-20-6-7-25-17-24(13-12-23(25)16-20)21-8-10-22(11-9-21)27-30-32-33-31-27/h6-13,16-17H,2-5,14-15,18-19H2,1H3,(H,36,37)(H,30,31,32,33). The number of nitrogens with one attached hydrogen (secondary N) is 1. The Balaban J connectivity index is 1.37. The fourth-order valence-corrected chi connectivity index (χ4v) is 5.35. The second kappa shape index (κ2) is 10.5. The van der Waals surface area contributed by atoms with E-state index in [4.69, 9.17) is 0 Å². The number of aliphatic carboxylic acids is 1. The highest BCUT2D eigenvalue weighted by molar-refractivity contribution is 5.88. The highest BCUT2D eigenvalue weighted by Crippen LogP contribution is 2.39. The number of tetrazole rings is 1. The quantitative estimate of drug-likeness (QED) is 0.318. The van der Waals surface area contributed by atoms with Gasteiger partial charge in [0.25, 0.3) is 0 Å². The lowest BCUT2D eigenvalue weighted by Crippen LogP contribution is -2.43. The van der Waals surface area contributed by atoms with Crippen LogP contribution in [0.4, 0.5) is 0 Å². The minimum atomic E-state index is -0.825. The van der Waals surface area contributed by atoms with E-state index in [0.29, 0.717) is 31.6 Å². The Morgan fingerprint density at radius 1 is 0.946 bits per heavy atom. The van der Waals surface area contributed by atoms with Crippen molar-refractivity contribution in [2.75, 3.05) is 6.54 Å². The molecule has 1 heterocycles. The van der Waals surface area contributed by atoms with Gasteiger partial charge < -0.3 is 10.0 Å². The van der Waals surface area contributed by atoms with E-state index in [-0.39, 0.29) is 12.5 Å².